The van der Waals surface area contributed by atoms with Gasteiger partial charge in [-0.25, -0.2) is 0 Å². The molecule has 0 unspecified atom stereocenters. The summed E-state index contributed by atoms with van der Waals surface area (Å²) in [6, 6.07) is 0. The Bertz CT molecular complexity index is 233. The lowest BCUT2D eigenvalue weighted by Gasteiger charge is -1.90. The quantitative estimate of drug-likeness (QED) is 0.307. The smallest absolute Gasteiger partial charge is 0.145 e. The maximum atomic E-state index is 10.3. The number of Topliss-reactive ketones (excluding diaryl/α,β-unsaturated/α-hetero) is 2. The number of ether oxygens (including phenoxy) is 10. The number of hydrogen-bond donors (Lipinski definition) is 0. The summed E-state index contributed by atoms with van der Waals surface area (Å²) < 4.78 is 42.9. The van der Waals surface area contributed by atoms with Crippen LogP contribution in [0.4, 0.5) is 0 Å². The molecule has 12 nitrogen and oxygen atoms in total. The van der Waals surface area contributed by atoms with Gasteiger partial charge in [0.1, 0.15) is 18.4 Å². The monoisotopic (exact) mass is 637 g/mol. The molecule has 0 aliphatic carbocycles. The second-order valence-electron chi connectivity index (χ2n) is 6.22. The Morgan fingerprint density at radius 2 is 0.476 bits per heavy atom. The fourth-order valence-electron chi connectivity index (χ4n) is 0.704. The third-order valence-corrected chi connectivity index (χ3v) is 1.29. The van der Waals surface area contributed by atoms with Gasteiger partial charge in [0.05, 0.1) is 0 Å². The molecule has 0 radical (unpaired) electrons. The molecule has 0 amide bonds. The SMILES string of the molecule is C.C.C.C.CC(=O)CCCC(C)=O.COC.COC.COC.COC.COC.COC.COC.COC.COCOC. The summed E-state index contributed by atoms with van der Waals surface area (Å²) in [6.07, 6.45) is 1.80. The molecule has 0 aliphatic rings. The number of hydrogen-bond acceptors (Lipinski definition) is 12. The molecule has 42 heavy (non-hydrogen) atoms. The molecule has 0 fully saturated rings. The fraction of sp³-hybridized carbons (Fsp3) is 0.933. The van der Waals surface area contributed by atoms with Crippen LogP contribution in [0.25, 0.3) is 0 Å². The summed E-state index contributed by atoms with van der Waals surface area (Å²) in [5.74, 6) is 0.326. The van der Waals surface area contributed by atoms with Gasteiger partial charge in [-0.1, -0.05) is 29.7 Å². The Kier molecular flexibility index (Phi) is 362. The maximum absolute atomic E-state index is 10.3. The summed E-state index contributed by atoms with van der Waals surface area (Å²) in [6.45, 7) is 3.47. The third-order valence-electron chi connectivity index (χ3n) is 1.29. The highest BCUT2D eigenvalue weighted by atomic mass is 16.6. The van der Waals surface area contributed by atoms with Crippen LogP contribution in [0.1, 0.15) is 62.8 Å². The largest absolute Gasteiger partial charge is 0.388 e. The first-order valence-electron chi connectivity index (χ1n) is 11.0. The van der Waals surface area contributed by atoms with Gasteiger partial charge in [-0.3, -0.25) is 0 Å². The molecule has 0 rings (SSSR count). The van der Waals surface area contributed by atoms with Gasteiger partial charge in [-0.05, 0) is 20.3 Å². The molecule has 0 bridgehead atoms. The Morgan fingerprint density at radius 1 is 0.357 bits per heavy atom. The minimum absolute atomic E-state index is 0. The van der Waals surface area contributed by atoms with E-state index in [1.165, 1.54) is 0 Å². The molecule has 0 N–H and O–H groups in total. The van der Waals surface area contributed by atoms with Crippen LogP contribution < -0.4 is 0 Å². The number of carbonyl (C=O) groups is 2. The van der Waals surface area contributed by atoms with Crippen LogP contribution >= 0.6 is 0 Å². The predicted octanol–water partition coefficient (Wildman–Crippen LogP) is 6.22. The van der Waals surface area contributed by atoms with Crippen LogP contribution in [0, 0.1) is 0 Å². The summed E-state index contributed by atoms with van der Waals surface area (Å²) in [4.78, 5) is 20.6. The lowest BCUT2D eigenvalue weighted by atomic mass is 10.1. The first-order chi connectivity index (χ1) is 17.9. The van der Waals surface area contributed by atoms with E-state index in [9.17, 15) is 9.59 Å². The third kappa shape index (κ3) is 1160. The van der Waals surface area contributed by atoms with Crippen molar-refractivity contribution < 1.29 is 57.0 Å². The zero-order valence-corrected chi connectivity index (χ0v) is 28.7. The van der Waals surface area contributed by atoms with Crippen molar-refractivity contribution in [3.63, 3.8) is 0 Å². The second kappa shape index (κ2) is 169. The lowest BCUT2D eigenvalue weighted by molar-refractivity contribution is -0.118. The zero-order chi connectivity index (χ0) is 33.1. The molecule has 0 aliphatic heterocycles. The van der Waals surface area contributed by atoms with Gasteiger partial charge in [0.2, 0.25) is 0 Å². The number of ketones is 2. The van der Waals surface area contributed by atoms with Crippen LogP contribution in [0.5, 0.6) is 0 Å². The van der Waals surface area contributed by atoms with Crippen molar-refractivity contribution in [2.75, 3.05) is 135 Å². The van der Waals surface area contributed by atoms with Crippen LogP contribution in [0.2, 0.25) is 0 Å². The maximum Gasteiger partial charge on any atom is 0.145 e. The van der Waals surface area contributed by atoms with E-state index in [0.717, 1.165) is 0 Å². The minimum Gasteiger partial charge on any atom is -0.388 e. The fourth-order valence-corrected chi connectivity index (χ4v) is 0.704. The molecular formula is C30H84O12. The van der Waals surface area contributed by atoms with Crippen LogP contribution in [0.3, 0.4) is 0 Å². The van der Waals surface area contributed by atoms with E-state index < -0.39 is 0 Å². The van der Waals surface area contributed by atoms with Gasteiger partial charge >= 0.3 is 0 Å². The van der Waals surface area contributed by atoms with E-state index in [1.54, 1.807) is 142 Å². The molecule has 276 valence electrons. The Hall–Kier alpha value is -1.06. The van der Waals surface area contributed by atoms with Crippen molar-refractivity contribution in [1.29, 1.82) is 0 Å². The van der Waals surface area contributed by atoms with Gasteiger partial charge in [-0.2, -0.15) is 0 Å². The summed E-state index contributed by atoms with van der Waals surface area (Å²) in [5.41, 5.74) is 0. The second-order valence-corrected chi connectivity index (χ2v) is 6.22. The average Bonchev–Trinajstić information content (AvgIpc) is 2.79. The number of rotatable bonds is 6. The van der Waals surface area contributed by atoms with E-state index in [1.807, 2.05) is 0 Å². The van der Waals surface area contributed by atoms with E-state index in [4.69, 9.17) is 0 Å². The van der Waals surface area contributed by atoms with E-state index in [2.05, 4.69) is 47.4 Å². The van der Waals surface area contributed by atoms with Crippen molar-refractivity contribution in [3.05, 3.63) is 0 Å². The Labute approximate surface area is 266 Å². The van der Waals surface area contributed by atoms with Gasteiger partial charge in [0.25, 0.3) is 0 Å². The van der Waals surface area contributed by atoms with Crippen LogP contribution in [-0.2, 0) is 57.0 Å². The van der Waals surface area contributed by atoms with Gasteiger partial charge in [0, 0.05) is 141 Å². The topological polar surface area (TPSA) is 126 Å². The Balaban J connectivity index is -0.0000000178. The highest BCUT2D eigenvalue weighted by Crippen LogP contribution is 1.95. The molecular weight excluding hydrogens is 552 g/mol. The van der Waals surface area contributed by atoms with Crippen LogP contribution in [0.15, 0.2) is 0 Å². The molecule has 0 aromatic rings. The predicted molar refractivity (Wildman–Crippen MR) is 184 cm³/mol. The first kappa shape index (κ1) is 90.0. The minimum atomic E-state index is 0. The molecule has 0 atom stereocenters. The van der Waals surface area contributed by atoms with Crippen molar-refractivity contribution in [2.24, 2.45) is 0 Å². The molecule has 0 heterocycles. The standard InChI is InChI=1S/C7H12O2.C3H8O2.8C2H6O.4CH4/c1-6(8)4-3-5-7(2)9;1-4-3-5-2;8*1-3-2;;;;/h3-5H2,1-2H3;3H2,1-2H3;8*1-2H3;4*1H4. The average molecular weight is 637 g/mol. The van der Waals surface area contributed by atoms with E-state index in [0.29, 0.717) is 26.1 Å². The highest BCUT2D eigenvalue weighted by molar-refractivity contribution is 5.78. The number of carbonyl (C=O) groups excluding carboxylic acids is 2. The molecule has 12 heteroatoms. The van der Waals surface area contributed by atoms with Crippen LogP contribution in [-0.4, -0.2) is 146 Å². The zero-order valence-electron chi connectivity index (χ0n) is 28.7. The summed E-state index contributed by atoms with van der Waals surface area (Å²) in [7, 11) is 29.2. The highest BCUT2D eigenvalue weighted by Gasteiger charge is 1.95. The van der Waals surface area contributed by atoms with E-state index >= 15 is 0 Å². The molecule has 0 saturated carbocycles. The normalized spacial score (nSPS) is 6.38. The van der Waals surface area contributed by atoms with Gasteiger partial charge in [-0.15, -0.1) is 0 Å². The summed E-state index contributed by atoms with van der Waals surface area (Å²) >= 11 is 0. The summed E-state index contributed by atoms with van der Waals surface area (Å²) in [5, 5.41) is 0. The van der Waals surface area contributed by atoms with Crippen molar-refractivity contribution >= 4 is 11.6 Å². The Morgan fingerprint density at radius 3 is 0.524 bits per heavy atom. The first-order valence-corrected chi connectivity index (χ1v) is 11.0. The molecule has 0 aromatic carbocycles. The van der Waals surface area contributed by atoms with Crippen molar-refractivity contribution in [1.82, 2.24) is 0 Å². The van der Waals surface area contributed by atoms with Gasteiger partial charge in [0.15, 0.2) is 0 Å². The van der Waals surface area contributed by atoms with Crippen molar-refractivity contribution in [3.8, 4) is 0 Å². The van der Waals surface area contributed by atoms with Gasteiger partial charge < -0.3 is 57.0 Å². The van der Waals surface area contributed by atoms with E-state index in [-0.39, 0.29) is 41.3 Å². The molecule has 0 aromatic heterocycles. The number of methoxy groups -OCH3 is 10. The molecule has 0 spiro atoms. The lowest BCUT2D eigenvalue weighted by Crippen LogP contribution is -1.93. The molecule has 0 saturated heterocycles. The van der Waals surface area contributed by atoms with Crippen molar-refractivity contribution in [2.45, 2.75) is 62.8 Å².